The fourth-order valence-corrected chi connectivity index (χ4v) is 2.31. The Hall–Kier alpha value is -1.90. The van der Waals surface area contributed by atoms with Gasteiger partial charge in [0.15, 0.2) is 5.82 Å². The lowest BCUT2D eigenvalue weighted by Crippen LogP contribution is -2.06. The van der Waals surface area contributed by atoms with Gasteiger partial charge in [0.1, 0.15) is 5.82 Å². The number of nitrogens with one attached hydrogen (secondary N) is 1. The van der Waals surface area contributed by atoms with Crippen molar-refractivity contribution < 1.29 is 0 Å². The van der Waals surface area contributed by atoms with Crippen LogP contribution in [0.15, 0.2) is 24.3 Å². The highest BCUT2D eigenvalue weighted by molar-refractivity contribution is 5.65. The van der Waals surface area contributed by atoms with E-state index in [0.29, 0.717) is 5.92 Å². The molecular formula is C17H23N3. The Morgan fingerprint density at radius 1 is 1.10 bits per heavy atom. The number of nitrogens with zero attached hydrogens (tertiary/aromatic N) is 2. The normalized spacial score (nSPS) is 10.9. The van der Waals surface area contributed by atoms with Crippen molar-refractivity contribution in [1.29, 1.82) is 0 Å². The molecule has 0 saturated heterocycles. The van der Waals surface area contributed by atoms with E-state index in [0.717, 1.165) is 29.4 Å². The first-order chi connectivity index (χ1) is 9.52. The molecule has 1 N–H and O–H groups in total. The summed E-state index contributed by atoms with van der Waals surface area (Å²) in [4.78, 5) is 9.43. The van der Waals surface area contributed by atoms with E-state index in [1.807, 2.05) is 6.07 Å². The molecule has 20 heavy (non-hydrogen) atoms. The first-order valence-electron chi connectivity index (χ1n) is 7.22. The van der Waals surface area contributed by atoms with Crippen LogP contribution in [0.25, 0.3) is 11.4 Å². The maximum absolute atomic E-state index is 4.76. The fourth-order valence-electron chi connectivity index (χ4n) is 2.31. The third-order valence-electron chi connectivity index (χ3n) is 3.40. The van der Waals surface area contributed by atoms with E-state index in [1.165, 1.54) is 11.1 Å². The second kappa shape index (κ2) is 6.04. The Labute approximate surface area is 121 Å². The molecule has 3 nitrogen and oxygen atoms in total. The van der Waals surface area contributed by atoms with Crippen LogP contribution in [0.3, 0.4) is 0 Å². The monoisotopic (exact) mass is 269 g/mol. The minimum atomic E-state index is 0.387. The SMILES string of the molecule is CCNc1cc(C(C)C)nc(-c2c(C)cccc2C)n1. The van der Waals surface area contributed by atoms with Gasteiger partial charge in [0, 0.05) is 23.9 Å². The molecule has 106 valence electrons. The highest BCUT2D eigenvalue weighted by Crippen LogP contribution is 2.27. The summed E-state index contributed by atoms with van der Waals surface area (Å²) in [6.07, 6.45) is 0. The van der Waals surface area contributed by atoms with Gasteiger partial charge in [-0.3, -0.25) is 0 Å². The van der Waals surface area contributed by atoms with Gasteiger partial charge in [-0.15, -0.1) is 0 Å². The van der Waals surface area contributed by atoms with E-state index in [4.69, 9.17) is 4.98 Å². The Morgan fingerprint density at radius 3 is 2.30 bits per heavy atom. The van der Waals surface area contributed by atoms with E-state index < -0.39 is 0 Å². The number of rotatable bonds is 4. The molecule has 0 aliphatic heterocycles. The molecule has 0 bridgehead atoms. The van der Waals surface area contributed by atoms with Crippen molar-refractivity contribution in [3.8, 4) is 11.4 Å². The molecule has 0 unspecified atom stereocenters. The smallest absolute Gasteiger partial charge is 0.162 e. The molecule has 1 aromatic carbocycles. The molecule has 1 aromatic heterocycles. The van der Waals surface area contributed by atoms with Gasteiger partial charge in [0.25, 0.3) is 0 Å². The topological polar surface area (TPSA) is 37.8 Å². The van der Waals surface area contributed by atoms with Crippen molar-refractivity contribution in [2.45, 2.75) is 40.5 Å². The molecule has 0 radical (unpaired) electrons. The molecule has 0 fully saturated rings. The van der Waals surface area contributed by atoms with E-state index in [9.17, 15) is 0 Å². The first kappa shape index (κ1) is 14.5. The molecule has 3 heteroatoms. The number of anilines is 1. The number of hydrogen-bond acceptors (Lipinski definition) is 3. The van der Waals surface area contributed by atoms with E-state index in [-0.39, 0.29) is 0 Å². The minimum absolute atomic E-state index is 0.387. The van der Waals surface area contributed by atoms with Crippen LogP contribution < -0.4 is 5.32 Å². The van der Waals surface area contributed by atoms with Gasteiger partial charge in [-0.25, -0.2) is 9.97 Å². The summed E-state index contributed by atoms with van der Waals surface area (Å²) in [6, 6.07) is 8.35. The summed E-state index contributed by atoms with van der Waals surface area (Å²) in [7, 11) is 0. The molecule has 0 spiro atoms. The Balaban J connectivity index is 2.61. The minimum Gasteiger partial charge on any atom is -0.370 e. The number of aryl methyl sites for hydroxylation is 2. The third-order valence-corrected chi connectivity index (χ3v) is 3.40. The van der Waals surface area contributed by atoms with E-state index in [1.54, 1.807) is 0 Å². The molecule has 2 rings (SSSR count). The van der Waals surface area contributed by atoms with E-state index >= 15 is 0 Å². The quantitative estimate of drug-likeness (QED) is 0.898. The lowest BCUT2D eigenvalue weighted by molar-refractivity contribution is 0.816. The van der Waals surface area contributed by atoms with Crippen LogP contribution in [0, 0.1) is 13.8 Å². The molecule has 1 heterocycles. The molecule has 2 aromatic rings. The van der Waals surface area contributed by atoms with Crippen LogP contribution in [0.5, 0.6) is 0 Å². The van der Waals surface area contributed by atoms with Gasteiger partial charge in [-0.2, -0.15) is 0 Å². The number of aromatic nitrogens is 2. The highest BCUT2D eigenvalue weighted by atomic mass is 15.0. The molecule has 0 aliphatic rings. The third kappa shape index (κ3) is 2.98. The maximum atomic E-state index is 4.76. The zero-order chi connectivity index (χ0) is 14.7. The summed E-state index contributed by atoms with van der Waals surface area (Å²) in [5.74, 6) is 2.12. The second-order valence-electron chi connectivity index (χ2n) is 5.45. The second-order valence-corrected chi connectivity index (χ2v) is 5.45. The van der Waals surface area contributed by atoms with Crippen LogP contribution in [0.4, 0.5) is 5.82 Å². The highest BCUT2D eigenvalue weighted by Gasteiger charge is 2.12. The fraction of sp³-hybridized carbons (Fsp3) is 0.412. The van der Waals surface area contributed by atoms with Gasteiger partial charge in [-0.05, 0) is 37.8 Å². The van der Waals surface area contributed by atoms with Crippen LogP contribution in [0.2, 0.25) is 0 Å². The van der Waals surface area contributed by atoms with Crippen molar-refractivity contribution in [2.75, 3.05) is 11.9 Å². The summed E-state index contributed by atoms with van der Waals surface area (Å²) in [5.41, 5.74) is 4.66. The number of benzene rings is 1. The lowest BCUT2D eigenvalue weighted by atomic mass is 10.0. The van der Waals surface area contributed by atoms with E-state index in [2.05, 4.69) is 63.1 Å². The van der Waals surface area contributed by atoms with Crippen molar-refractivity contribution >= 4 is 5.82 Å². The number of hydrogen-bond donors (Lipinski definition) is 1. The predicted octanol–water partition coefficient (Wildman–Crippen LogP) is 4.32. The first-order valence-corrected chi connectivity index (χ1v) is 7.22. The van der Waals surface area contributed by atoms with Gasteiger partial charge in [0.2, 0.25) is 0 Å². The van der Waals surface area contributed by atoms with Crippen molar-refractivity contribution in [2.24, 2.45) is 0 Å². The molecule has 0 aliphatic carbocycles. The van der Waals surface area contributed by atoms with Crippen LogP contribution in [-0.2, 0) is 0 Å². The van der Waals surface area contributed by atoms with Crippen molar-refractivity contribution in [3.05, 3.63) is 41.1 Å². The average Bonchev–Trinajstić information content (AvgIpc) is 2.38. The molecule has 0 saturated carbocycles. The van der Waals surface area contributed by atoms with Gasteiger partial charge >= 0.3 is 0 Å². The Kier molecular flexibility index (Phi) is 4.38. The molecular weight excluding hydrogens is 246 g/mol. The molecule has 0 amide bonds. The average molecular weight is 269 g/mol. The van der Waals surface area contributed by atoms with Crippen molar-refractivity contribution in [3.63, 3.8) is 0 Å². The largest absolute Gasteiger partial charge is 0.370 e. The Bertz CT molecular complexity index is 583. The maximum Gasteiger partial charge on any atom is 0.162 e. The van der Waals surface area contributed by atoms with Crippen LogP contribution >= 0.6 is 0 Å². The van der Waals surface area contributed by atoms with Gasteiger partial charge < -0.3 is 5.32 Å². The standard InChI is InChI=1S/C17H23N3/c1-6-18-15-10-14(11(2)3)19-17(20-15)16-12(4)8-7-9-13(16)5/h7-11H,6H2,1-5H3,(H,18,19,20). The summed E-state index contributed by atoms with van der Waals surface area (Å²) in [6.45, 7) is 11.5. The van der Waals surface area contributed by atoms with Crippen molar-refractivity contribution in [1.82, 2.24) is 9.97 Å². The zero-order valence-electron chi connectivity index (χ0n) is 13.0. The summed E-state index contributed by atoms with van der Waals surface area (Å²) >= 11 is 0. The van der Waals surface area contributed by atoms with Gasteiger partial charge in [0.05, 0.1) is 0 Å². The molecule has 0 atom stereocenters. The Morgan fingerprint density at radius 2 is 1.75 bits per heavy atom. The summed E-state index contributed by atoms with van der Waals surface area (Å²) < 4.78 is 0. The van der Waals surface area contributed by atoms with Crippen LogP contribution in [-0.4, -0.2) is 16.5 Å². The lowest BCUT2D eigenvalue weighted by Gasteiger charge is -2.14. The predicted molar refractivity (Wildman–Crippen MR) is 85.2 cm³/mol. The zero-order valence-corrected chi connectivity index (χ0v) is 13.0. The summed E-state index contributed by atoms with van der Waals surface area (Å²) in [5, 5.41) is 3.30. The van der Waals surface area contributed by atoms with Crippen LogP contribution in [0.1, 0.15) is 43.5 Å². The van der Waals surface area contributed by atoms with Gasteiger partial charge in [-0.1, -0.05) is 32.0 Å².